The lowest BCUT2D eigenvalue weighted by molar-refractivity contribution is -0.137. The minimum Gasteiger partial charge on any atom is -0.453 e. The first-order valence-electron chi connectivity index (χ1n) is 8.86. The lowest BCUT2D eigenvalue weighted by atomic mass is 10.2. The Morgan fingerprint density at radius 3 is 2.03 bits per heavy atom. The number of benzene rings is 3. The second-order valence-corrected chi connectivity index (χ2v) is 8.03. The predicted octanol–water partition coefficient (Wildman–Crippen LogP) is 8.07. The zero-order valence-electron chi connectivity index (χ0n) is 16.1. The molecule has 0 fully saturated rings. The van der Waals surface area contributed by atoms with Crippen LogP contribution < -0.4 is 15.4 Å². The van der Waals surface area contributed by atoms with E-state index in [9.17, 15) is 22.8 Å². The number of hydrogen-bond donors (Lipinski definition) is 2. The monoisotopic (exact) mass is 536 g/mol. The topological polar surface area (TPSA) is 67.4 Å². The summed E-state index contributed by atoms with van der Waals surface area (Å²) in [5.41, 5.74) is -0.739. The largest absolute Gasteiger partial charge is 0.453 e. The molecule has 3 aromatic rings. The first-order chi connectivity index (χ1) is 15.5. The fourth-order valence-electron chi connectivity index (χ4n) is 2.58. The standard InChI is InChI=1S/C21H11Cl4F3N2O3/c22-13-4-2-1-3-12(13)19(31)30-20(32)29-11-8-15(24)18(16(25)9-11)33-17-6-5-10(7-14(17)23)21(26,27)28/h1-9H,(H2,29,30,31,32). The smallest absolute Gasteiger partial charge is 0.416 e. The summed E-state index contributed by atoms with van der Waals surface area (Å²) in [5.74, 6) is -0.942. The van der Waals surface area contributed by atoms with E-state index in [-0.39, 0.29) is 42.8 Å². The van der Waals surface area contributed by atoms with Crippen molar-refractivity contribution in [2.45, 2.75) is 6.18 Å². The van der Waals surface area contributed by atoms with E-state index in [1.54, 1.807) is 12.1 Å². The van der Waals surface area contributed by atoms with Crippen molar-refractivity contribution < 1.29 is 27.5 Å². The van der Waals surface area contributed by atoms with Crippen LogP contribution in [0.4, 0.5) is 23.7 Å². The number of halogens is 7. The third-order valence-corrected chi connectivity index (χ3v) is 5.26. The average molecular weight is 538 g/mol. The van der Waals surface area contributed by atoms with E-state index >= 15 is 0 Å². The van der Waals surface area contributed by atoms with E-state index in [0.717, 1.165) is 12.1 Å². The minimum atomic E-state index is -4.57. The second-order valence-electron chi connectivity index (χ2n) is 6.40. The first kappa shape index (κ1) is 25.0. The number of carbonyl (C=O) groups excluding carboxylic acids is 2. The molecule has 3 aromatic carbocycles. The molecule has 33 heavy (non-hydrogen) atoms. The van der Waals surface area contributed by atoms with E-state index < -0.39 is 23.7 Å². The minimum absolute atomic E-state index is 0.0776. The Hall–Kier alpha value is -2.65. The fourth-order valence-corrected chi connectivity index (χ4v) is 3.58. The van der Waals surface area contributed by atoms with Crippen molar-refractivity contribution in [3.8, 4) is 11.5 Å². The summed E-state index contributed by atoms with van der Waals surface area (Å²) in [6.07, 6.45) is -4.57. The van der Waals surface area contributed by atoms with Gasteiger partial charge < -0.3 is 10.1 Å². The highest BCUT2D eigenvalue weighted by Crippen LogP contribution is 2.42. The number of urea groups is 1. The van der Waals surface area contributed by atoms with Gasteiger partial charge in [0, 0.05) is 5.69 Å². The molecule has 2 N–H and O–H groups in total. The van der Waals surface area contributed by atoms with Crippen molar-refractivity contribution >= 4 is 64.0 Å². The molecule has 0 radical (unpaired) electrons. The lowest BCUT2D eigenvalue weighted by Crippen LogP contribution is -2.34. The first-order valence-corrected chi connectivity index (χ1v) is 10.4. The number of ether oxygens (including phenoxy) is 1. The highest BCUT2D eigenvalue weighted by atomic mass is 35.5. The maximum absolute atomic E-state index is 12.8. The highest BCUT2D eigenvalue weighted by Gasteiger charge is 2.31. The van der Waals surface area contributed by atoms with Gasteiger partial charge in [-0.2, -0.15) is 13.2 Å². The van der Waals surface area contributed by atoms with Gasteiger partial charge in [-0.1, -0.05) is 58.5 Å². The molecule has 5 nitrogen and oxygen atoms in total. The Labute approximate surface area is 205 Å². The van der Waals surface area contributed by atoms with Gasteiger partial charge in [-0.15, -0.1) is 0 Å². The summed E-state index contributed by atoms with van der Waals surface area (Å²) < 4.78 is 43.8. The van der Waals surface area contributed by atoms with Crippen molar-refractivity contribution in [1.29, 1.82) is 0 Å². The summed E-state index contributed by atoms with van der Waals surface area (Å²) in [5, 5.41) is 4.18. The molecular formula is C21H11Cl4F3N2O3. The van der Waals surface area contributed by atoms with Crippen molar-refractivity contribution in [1.82, 2.24) is 5.32 Å². The Kier molecular flexibility index (Phi) is 7.64. The lowest BCUT2D eigenvalue weighted by Gasteiger charge is -2.14. The molecule has 0 aromatic heterocycles. The SMILES string of the molecule is O=C(NC(=O)c1ccccc1Cl)Nc1cc(Cl)c(Oc2ccc(C(F)(F)F)cc2Cl)c(Cl)c1. The van der Waals surface area contributed by atoms with Gasteiger partial charge in [0.05, 0.1) is 31.2 Å². The Bertz CT molecular complexity index is 1210. The van der Waals surface area contributed by atoms with Crippen molar-refractivity contribution in [3.63, 3.8) is 0 Å². The Morgan fingerprint density at radius 1 is 0.818 bits per heavy atom. The fraction of sp³-hybridized carbons (Fsp3) is 0.0476. The van der Waals surface area contributed by atoms with Gasteiger partial charge in [-0.05, 0) is 42.5 Å². The third kappa shape index (κ3) is 6.23. The third-order valence-electron chi connectivity index (χ3n) is 4.07. The zero-order valence-corrected chi connectivity index (χ0v) is 19.1. The highest BCUT2D eigenvalue weighted by molar-refractivity contribution is 6.38. The number of alkyl halides is 3. The maximum Gasteiger partial charge on any atom is 0.416 e. The van der Waals surface area contributed by atoms with E-state index in [1.165, 1.54) is 24.3 Å². The van der Waals surface area contributed by atoms with Gasteiger partial charge in [0.15, 0.2) is 5.75 Å². The average Bonchev–Trinajstić information content (AvgIpc) is 2.71. The molecule has 0 saturated carbocycles. The molecule has 12 heteroatoms. The number of nitrogens with one attached hydrogen (secondary N) is 2. The Balaban J connectivity index is 1.73. The van der Waals surface area contributed by atoms with Gasteiger partial charge in [-0.3, -0.25) is 10.1 Å². The number of imide groups is 1. The number of carbonyl (C=O) groups is 2. The van der Waals surface area contributed by atoms with Crippen LogP contribution in [0, 0.1) is 0 Å². The predicted molar refractivity (Wildman–Crippen MR) is 121 cm³/mol. The van der Waals surface area contributed by atoms with Crippen LogP contribution >= 0.6 is 46.4 Å². The van der Waals surface area contributed by atoms with Crippen LogP contribution in [-0.4, -0.2) is 11.9 Å². The van der Waals surface area contributed by atoms with Gasteiger partial charge in [0.1, 0.15) is 5.75 Å². The summed E-state index contributed by atoms with van der Waals surface area (Å²) in [6, 6.07) is 10.3. The quantitative estimate of drug-likeness (QED) is 0.353. The molecule has 0 bridgehead atoms. The van der Waals surface area contributed by atoms with E-state index in [2.05, 4.69) is 10.6 Å². The van der Waals surface area contributed by atoms with Gasteiger partial charge in [0.25, 0.3) is 5.91 Å². The van der Waals surface area contributed by atoms with E-state index in [1.807, 2.05) is 0 Å². The molecule has 0 spiro atoms. The van der Waals surface area contributed by atoms with E-state index in [0.29, 0.717) is 6.07 Å². The van der Waals surface area contributed by atoms with Crippen LogP contribution in [0.25, 0.3) is 0 Å². The van der Waals surface area contributed by atoms with Crippen molar-refractivity contribution in [3.05, 3.63) is 85.8 Å². The molecular weight excluding hydrogens is 527 g/mol. The van der Waals surface area contributed by atoms with Gasteiger partial charge >= 0.3 is 12.2 Å². The number of hydrogen-bond acceptors (Lipinski definition) is 3. The molecule has 0 aliphatic heterocycles. The van der Waals surface area contributed by atoms with Crippen LogP contribution in [0.3, 0.4) is 0 Å². The second kappa shape index (κ2) is 10.1. The van der Waals surface area contributed by atoms with Crippen LogP contribution in [-0.2, 0) is 6.18 Å². The molecule has 172 valence electrons. The molecule has 0 aliphatic carbocycles. The van der Waals surface area contributed by atoms with Crippen LogP contribution in [0.1, 0.15) is 15.9 Å². The molecule has 3 rings (SSSR count). The molecule has 0 aliphatic rings. The van der Waals surface area contributed by atoms with Crippen LogP contribution in [0.15, 0.2) is 54.6 Å². The zero-order chi connectivity index (χ0) is 24.3. The normalized spacial score (nSPS) is 11.1. The molecule has 3 amide bonds. The van der Waals surface area contributed by atoms with Crippen LogP contribution in [0.2, 0.25) is 20.1 Å². The van der Waals surface area contributed by atoms with E-state index in [4.69, 9.17) is 51.1 Å². The number of rotatable bonds is 4. The molecule has 0 saturated heterocycles. The summed E-state index contributed by atoms with van der Waals surface area (Å²) in [4.78, 5) is 24.3. The summed E-state index contributed by atoms with van der Waals surface area (Å²) in [7, 11) is 0. The van der Waals surface area contributed by atoms with Crippen molar-refractivity contribution in [2.24, 2.45) is 0 Å². The molecule has 0 unspecified atom stereocenters. The number of amides is 3. The molecule has 0 atom stereocenters. The summed E-state index contributed by atoms with van der Waals surface area (Å²) >= 11 is 24.1. The van der Waals surface area contributed by atoms with Crippen LogP contribution in [0.5, 0.6) is 11.5 Å². The Morgan fingerprint density at radius 2 is 1.45 bits per heavy atom. The number of anilines is 1. The van der Waals surface area contributed by atoms with Crippen molar-refractivity contribution in [2.75, 3.05) is 5.32 Å². The van der Waals surface area contributed by atoms with Gasteiger partial charge in [0.2, 0.25) is 0 Å². The van der Waals surface area contributed by atoms with Gasteiger partial charge in [-0.25, -0.2) is 4.79 Å². The summed E-state index contributed by atoms with van der Waals surface area (Å²) in [6.45, 7) is 0. The maximum atomic E-state index is 12.8. The molecule has 0 heterocycles.